The van der Waals surface area contributed by atoms with Crippen LogP contribution in [0.2, 0.25) is 0 Å². The van der Waals surface area contributed by atoms with Gasteiger partial charge in [0.25, 0.3) is 0 Å². The Labute approximate surface area is 222 Å². The number of carbonyl (C=O) groups is 2. The summed E-state index contributed by atoms with van der Waals surface area (Å²) in [7, 11) is -0.545. The zero-order valence-electron chi connectivity index (χ0n) is 23.0. The van der Waals surface area contributed by atoms with Crippen LogP contribution in [0.15, 0.2) is 54.6 Å². The van der Waals surface area contributed by atoms with E-state index in [-0.39, 0.29) is 17.9 Å². The highest BCUT2D eigenvalue weighted by atomic mass is 16.7. The molecule has 1 heterocycles. The number of nitrogens with zero attached hydrogens (tertiary/aromatic N) is 1. The van der Waals surface area contributed by atoms with Gasteiger partial charge in [-0.3, -0.25) is 9.59 Å². The van der Waals surface area contributed by atoms with Crippen molar-refractivity contribution in [3.05, 3.63) is 65.7 Å². The summed E-state index contributed by atoms with van der Waals surface area (Å²) < 4.78 is 12.6. The molecule has 2 aliphatic rings. The highest BCUT2D eigenvalue weighted by Crippen LogP contribution is 2.37. The standard InChI is InChI=1S/C30H41BN2O4/c1-6-26(34)33(21-22-14-9-7-10-15-22)27(28(35)32-25-18-11-8-12-19-25)23-16-13-17-24(20-23)31-36-29(2,3)30(4,5)37-31/h7,9-10,13-17,20,25,27H,6,8,11-12,18-19,21H2,1-5H3,(H,32,35). The van der Waals surface area contributed by atoms with E-state index in [9.17, 15) is 9.59 Å². The monoisotopic (exact) mass is 504 g/mol. The van der Waals surface area contributed by atoms with Gasteiger partial charge in [-0.2, -0.15) is 0 Å². The Balaban J connectivity index is 1.70. The van der Waals surface area contributed by atoms with E-state index in [1.165, 1.54) is 6.42 Å². The largest absolute Gasteiger partial charge is 0.494 e. The van der Waals surface area contributed by atoms with Crippen LogP contribution < -0.4 is 10.8 Å². The number of amides is 2. The van der Waals surface area contributed by atoms with Gasteiger partial charge in [-0.05, 0) is 57.1 Å². The Bertz CT molecular complexity index is 1070. The normalized spacial score (nSPS) is 19.9. The van der Waals surface area contributed by atoms with Crippen LogP contribution in [-0.2, 0) is 25.4 Å². The average Bonchev–Trinajstić information content (AvgIpc) is 3.11. The molecule has 1 saturated carbocycles. The maximum Gasteiger partial charge on any atom is 0.494 e. The maximum atomic E-state index is 13.9. The molecule has 1 unspecified atom stereocenters. The van der Waals surface area contributed by atoms with Crippen LogP contribution in [0.5, 0.6) is 0 Å². The van der Waals surface area contributed by atoms with Crippen molar-refractivity contribution in [2.45, 2.75) is 103 Å². The molecule has 2 aromatic rings. The summed E-state index contributed by atoms with van der Waals surface area (Å²) in [6.45, 7) is 10.3. The van der Waals surface area contributed by atoms with E-state index < -0.39 is 24.4 Å². The van der Waals surface area contributed by atoms with E-state index in [1.54, 1.807) is 4.90 Å². The van der Waals surface area contributed by atoms with E-state index in [0.717, 1.165) is 42.3 Å². The van der Waals surface area contributed by atoms with Gasteiger partial charge in [0.15, 0.2) is 0 Å². The first-order chi connectivity index (χ1) is 17.6. The molecule has 2 amide bonds. The molecule has 37 heavy (non-hydrogen) atoms. The summed E-state index contributed by atoms with van der Waals surface area (Å²) >= 11 is 0. The third kappa shape index (κ3) is 6.27. The minimum absolute atomic E-state index is 0.0614. The zero-order valence-corrected chi connectivity index (χ0v) is 23.0. The SMILES string of the molecule is CCC(=O)N(Cc1ccccc1)C(C(=O)NC1CCCCC1)c1cccc(B2OC(C)(C)C(C)(C)O2)c1. The summed E-state index contributed by atoms with van der Waals surface area (Å²) in [4.78, 5) is 29.0. The fraction of sp³-hybridized carbons (Fsp3) is 0.533. The lowest BCUT2D eigenvalue weighted by Gasteiger charge is -2.33. The number of nitrogens with one attached hydrogen (secondary N) is 1. The van der Waals surface area contributed by atoms with Gasteiger partial charge < -0.3 is 19.5 Å². The third-order valence-electron chi connectivity index (χ3n) is 8.08. The molecule has 1 atom stereocenters. The van der Waals surface area contributed by atoms with Crippen molar-refractivity contribution >= 4 is 24.4 Å². The van der Waals surface area contributed by atoms with E-state index in [0.29, 0.717) is 13.0 Å². The van der Waals surface area contributed by atoms with Crippen LogP contribution in [0.3, 0.4) is 0 Å². The van der Waals surface area contributed by atoms with Crippen molar-refractivity contribution in [3.63, 3.8) is 0 Å². The molecular weight excluding hydrogens is 463 g/mol. The van der Waals surface area contributed by atoms with Gasteiger partial charge in [0, 0.05) is 19.0 Å². The van der Waals surface area contributed by atoms with Gasteiger partial charge in [0.2, 0.25) is 11.8 Å². The van der Waals surface area contributed by atoms with Crippen molar-refractivity contribution in [1.29, 1.82) is 0 Å². The number of carbonyl (C=O) groups excluding carboxylic acids is 2. The molecule has 2 aromatic carbocycles. The Morgan fingerprint density at radius 2 is 1.62 bits per heavy atom. The molecule has 1 aliphatic carbocycles. The molecule has 198 valence electrons. The summed E-state index contributed by atoms with van der Waals surface area (Å²) in [6.07, 6.45) is 5.72. The van der Waals surface area contributed by atoms with Gasteiger partial charge in [-0.15, -0.1) is 0 Å². The fourth-order valence-corrected chi connectivity index (χ4v) is 5.16. The summed E-state index contributed by atoms with van der Waals surface area (Å²) in [5, 5.41) is 3.28. The average molecular weight is 504 g/mol. The first-order valence-electron chi connectivity index (χ1n) is 13.7. The molecule has 1 aliphatic heterocycles. The predicted octanol–water partition coefficient (Wildman–Crippen LogP) is 4.91. The fourth-order valence-electron chi connectivity index (χ4n) is 5.16. The van der Waals surface area contributed by atoms with Gasteiger partial charge in [-0.25, -0.2) is 0 Å². The number of hydrogen-bond donors (Lipinski definition) is 1. The second-order valence-electron chi connectivity index (χ2n) is 11.4. The first kappa shape index (κ1) is 27.4. The predicted molar refractivity (Wildman–Crippen MR) is 147 cm³/mol. The van der Waals surface area contributed by atoms with E-state index in [1.807, 2.05) is 89.2 Å². The lowest BCUT2D eigenvalue weighted by molar-refractivity contribution is -0.141. The summed E-state index contributed by atoms with van der Waals surface area (Å²) in [5.74, 6) is -0.190. The molecule has 0 aromatic heterocycles. The first-order valence-corrected chi connectivity index (χ1v) is 13.7. The summed E-state index contributed by atoms with van der Waals surface area (Å²) in [6, 6.07) is 17.0. The topological polar surface area (TPSA) is 67.9 Å². The van der Waals surface area contributed by atoms with Crippen molar-refractivity contribution in [1.82, 2.24) is 10.2 Å². The minimum Gasteiger partial charge on any atom is -0.399 e. The van der Waals surface area contributed by atoms with Crippen molar-refractivity contribution in [2.75, 3.05) is 0 Å². The lowest BCUT2D eigenvalue weighted by atomic mass is 9.77. The smallest absolute Gasteiger partial charge is 0.399 e. The number of hydrogen-bond acceptors (Lipinski definition) is 4. The Morgan fingerprint density at radius 1 is 0.973 bits per heavy atom. The molecule has 0 radical (unpaired) electrons. The molecule has 2 fully saturated rings. The quantitative estimate of drug-likeness (QED) is 0.519. The highest BCUT2D eigenvalue weighted by Gasteiger charge is 2.51. The van der Waals surface area contributed by atoms with Crippen LogP contribution >= 0.6 is 0 Å². The van der Waals surface area contributed by atoms with Crippen molar-refractivity contribution in [2.24, 2.45) is 0 Å². The number of rotatable bonds is 8. The van der Waals surface area contributed by atoms with E-state index >= 15 is 0 Å². The van der Waals surface area contributed by atoms with Crippen LogP contribution in [0.1, 0.15) is 90.3 Å². The zero-order chi connectivity index (χ0) is 26.6. The van der Waals surface area contributed by atoms with Crippen LogP contribution in [0, 0.1) is 0 Å². The van der Waals surface area contributed by atoms with Crippen molar-refractivity contribution in [3.8, 4) is 0 Å². The number of benzene rings is 2. The highest BCUT2D eigenvalue weighted by molar-refractivity contribution is 6.62. The van der Waals surface area contributed by atoms with E-state index in [4.69, 9.17) is 9.31 Å². The molecule has 1 N–H and O–H groups in total. The molecule has 0 spiro atoms. The minimum atomic E-state index is -0.753. The molecule has 6 nitrogen and oxygen atoms in total. The van der Waals surface area contributed by atoms with E-state index in [2.05, 4.69) is 5.32 Å². The molecular formula is C30H41BN2O4. The molecule has 4 rings (SSSR count). The molecule has 1 saturated heterocycles. The second kappa shape index (κ2) is 11.4. The van der Waals surface area contributed by atoms with Crippen molar-refractivity contribution < 1.29 is 18.9 Å². The maximum absolute atomic E-state index is 13.9. The van der Waals surface area contributed by atoms with Gasteiger partial charge >= 0.3 is 7.12 Å². The van der Waals surface area contributed by atoms with Crippen LogP contribution in [0.4, 0.5) is 0 Å². The van der Waals surface area contributed by atoms with Crippen LogP contribution in [-0.4, -0.2) is 41.1 Å². The van der Waals surface area contributed by atoms with Crippen LogP contribution in [0.25, 0.3) is 0 Å². The third-order valence-corrected chi connectivity index (χ3v) is 8.08. The second-order valence-corrected chi connectivity index (χ2v) is 11.4. The Hall–Kier alpha value is -2.64. The Kier molecular flexibility index (Phi) is 8.44. The van der Waals surface area contributed by atoms with Gasteiger partial charge in [-0.1, -0.05) is 80.8 Å². The molecule has 0 bridgehead atoms. The van der Waals surface area contributed by atoms with Gasteiger partial charge in [0.05, 0.1) is 11.2 Å². The lowest BCUT2D eigenvalue weighted by Crippen LogP contribution is -2.47. The summed E-state index contributed by atoms with van der Waals surface area (Å²) in [5.41, 5.74) is 1.65. The van der Waals surface area contributed by atoms with Gasteiger partial charge in [0.1, 0.15) is 6.04 Å². The Morgan fingerprint density at radius 3 is 2.24 bits per heavy atom. The molecule has 7 heteroatoms.